The molecule has 2 aromatic heterocycles. The molecule has 0 unspecified atom stereocenters. The van der Waals surface area contributed by atoms with Crippen LogP contribution in [0, 0.1) is 5.82 Å². The third-order valence-corrected chi connectivity index (χ3v) is 4.28. The molecule has 3 heterocycles. The first-order valence-electron chi connectivity index (χ1n) is 7.72. The van der Waals surface area contributed by atoms with E-state index >= 15 is 0 Å². The highest BCUT2D eigenvalue weighted by atomic mass is 19.1. The number of imidazole rings is 1. The van der Waals surface area contributed by atoms with Crippen molar-refractivity contribution in [1.29, 1.82) is 0 Å². The molecule has 1 saturated heterocycles. The zero-order valence-electron chi connectivity index (χ0n) is 13.4. The van der Waals surface area contributed by atoms with Gasteiger partial charge in [-0.1, -0.05) is 5.16 Å². The van der Waals surface area contributed by atoms with Crippen LogP contribution in [0.4, 0.5) is 15.2 Å². The summed E-state index contributed by atoms with van der Waals surface area (Å²) in [6, 6.07) is 4.69. The number of carbonyl (C=O) groups is 1. The average Bonchev–Trinajstić information content (AvgIpc) is 3.20. The minimum Gasteiger partial charge on any atom is -0.465 e. The van der Waals surface area contributed by atoms with Gasteiger partial charge in [0.25, 0.3) is 0 Å². The lowest BCUT2D eigenvalue weighted by atomic mass is 10.3. The molecular formula is C15H15FN6O3. The number of nitrogens with zero attached hydrogens (tertiary/aromatic N) is 6. The van der Waals surface area contributed by atoms with Gasteiger partial charge < -0.3 is 24.0 Å². The Morgan fingerprint density at radius 3 is 2.72 bits per heavy atom. The van der Waals surface area contributed by atoms with Crippen LogP contribution in [-0.2, 0) is 7.05 Å². The molecule has 0 bridgehead atoms. The van der Waals surface area contributed by atoms with Crippen LogP contribution in [0.5, 0.6) is 0 Å². The third kappa shape index (κ3) is 2.65. The maximum absolute atomic E-state index is 13.4. The van der Waals surface area contributed by atoms with E-state index in [1.807, 2.05) is 4.90 Å². The predicted octanol–water partition coefficient (Wildman–Crippen LogP) is 1.56. The van der Waals surface area contributed by atoms with Crippen LogP contribution >= 0.6 is 0 Å². The number of hydrogen-bond acceptors (Lipinski definition) is 6. The molecule has 1 aromatic carbocycles. The molecule has 25 heavy (non-hydrogen) atoms. The fourth-order valence-electron chi connectivity index (χ4n) is 2.90. The smallest absolute Gasteiger partial charge is 0.407 e. The first-order chi connectivity index (χ1) is 12.0. The van der Waals surface area contributed by atoms with E-state index in [-0.39, 0.29) is 5.82 Å². The summed E-state index contributed by atoms with van der Waals surface area (Å²) in [6.45, 7) is 1.70. The predicted molar refractivity (Wildman–Crippen MR) is 85.8 cm³/mol. The Morgan fingerprint density at radius 1 is 1.24 bits per heavy atom. The van der Waals surface area contributed by atoms with Gasteiger partial charge in [0.1, 0.15) is 5.82 Å². The second-order valence-corrected chi connectivity index (χ2v) is 5.78. The maximum atomic E-state index is 13.4. The van der Waals surface area contributed by atoms with Crippen LogP contribution in [-0.4, -0.2) is 62.0 Å². The molecule has 10 heteroatoms. The Hall–Kier alpha value is -3.17. The van der Waals surface area contributed by atoms with Crippen molar-refractivity contribution in [1.82, 2.24) is 24.6 Å². The van der Waals surface area contributed by atoms with Gasteiger partial charge in [-0.25, -0.2) is 14.2 Å². The lowest BCUT2D eigenvalue weighted by molar-refractivity contribution is 0.141. The molecular weight excluding hydrogens is 331 g/mol. The number of aryl methyl sites for hydroxylation is 1. The van der Waals surface area contributed by atoms with Gasteiger partial charge >= 0.3 is 12.1 Å². The van der Waals surface area contributed by atoms with Gasteiger partial charge in [0.05, 0.1) is 11.0 Å². The van der Waals surface area contributed by atoms with Crippen LogP contribution in [0.3, 0.4) is 0 Å². The second-order valence-electron chi connectivity index (χ2n) is 5.78. The van der Waals surface area contributed by atoms with Gasteiger partial charge in [-0.15, -0.1) is 0 Å². The summed E-state index contributed by atoms with van der Waals surface area (Å²) in [5.74, 6) is 0.414. The highest BCUT2D eigenvalue weighted by Gasteiger charge is 2.25. The number of hydrogen-bond donors (Lipinski definition) is 1. The van der Waals surface area contributed by atoms with Gasteiger partial charge in [-0.05, 0) is 12.1 Å². The fourth-order valence-corrected chi connectivity index (χ4v) is 2.90. The van der Waals surface area contributed by atoms with Crippen molar-refractivity contribution in [2.75, 3.05) is 31.1 Å². The van der Waals surface area contributed by atoms with Crippen molar-refractivity contribution in [3.63, 3.8) is 0 Å². The number of amides is 1. The minimum atomic E-state index is -0.933. The van der Waals surface area contributed by atoms with Crippen LogP contribution < -0.4 is 4.90 Å². The van der Waals surface area contributed by atoms with E-state index in [1.54, 1.807) is 17.7 Å². The van der Waals surface area contributed by atoms with Crippen molar-refractivity contribution in [2.24, 2.45) is 7.05 Å². The summed E-state index contributed by atoms with van der Waals surface area (Å²) in [4.78, 5) is 22.9. The molecule has 1 aliphatic rings. The van der Waals surface area contributed by atoms with E-state index in [1.165, 1.54) is 17.0 Å². The number of halogens is 1. The molecule has 9 nitrogen and oxygen atoms in total. The molecule has 0 radical (unpaired) electrons. The summed E-state index contributed by atoms with van der Waals surface area (Å²) in [5.41, 5.74) is 1.27. The summed E-state index contributed by atoms with van der Waals surface area (Å²) in [7, 11) is 1.80. The summed E-state index contributed by atoms with van der Waals surface area (Å²) < 4.78 is 20.4. The van der Waals surface area contributed by atoms with Crippen molar-refractivity contribution in [3.8, 4) is 11.6 Å². The fraction of sp³-hybridized carbons (Fsp3) is 0.333. The first kappa shape index (κ1) is 15.4. The van der Waals surface area contributed by atoms with Gasteiger partial charge in [-0.2, -0.15) is 4.98 Å². The van der Waals surface area contributed by atoms with Crippen molar-refractivity contribution in [2.45, 2.75) is 0 Å². The van der Waals surface area contributed by atoms with Gasteiger partial charge in [-0.3, -0.25) is 0 Å². The summed E-state index contributed by atoms with van der Waals surface area (Å²) in [6.07, 6.45) is -0.933. The average molecular weight is 346 g/mol. The molecule has 4 rings (SSSR count). The highest BCUT2D eigenvalue weighted by Crippen LogP contribution is 2.24. The van der Waals surface area contributed by atoms with Crippen LogP contribution in [0.25, 0.3) is 22.7 Å². The second kappa shape index (κ2) is 5.72. The SMILES string of the molecule is Cn1c(-c2noc(N3CCN(C(=O)O)CC3)n2)nc2cc(F)ccc21. The Kier molecular flexibility index (Phi) is 3.52. The molecule has 0 spiro atoms. The van der Waals surface area contributed by atoms with Crippen molar-refractivity contribution >= 4 is 23.1 Å². The Balaban J connectivity index is 1.60. The van der Waals surface area contributed by atoms with Crippen LogP contribution in [0.15, 0.2) is 22.7 Å². The molecule has 0 aliphatic carbocycles. The van der Waals surface area contributed by atoms with Crippen molar-refractivity contribution in [3.05, 3.63) is 24.0 Å². The molecule has 130 valence electrons. The monoisotopic (exact) mass is 346 g/mol. The number of rotatable bonds is 2. The van der Waals surface area contributed by atoms with Gasteiger partial charge in [0.2, 0.25) is 5.82 Å². The highest BCUT2D eigenvalue weighted by molar-refractivity contribution is 5.79. The van der Waals surface area contributed by atoms with E-state index < -0.39 is 6.09 Å². The lowest BCUT2D eigenvalue weighted by Crippen LogP contribution is -2.48. The van der Waals surface area contributed by atoms with Crippen molar-refractivity contribution < 1.29 is 18.8 Å². The normalized spacial score (nSPS) is 15.1. The van der Waals surface area contributed by atoms with E-state index in [4.69, 9.17) is 9.63 Å². The number of benzene rings is 1. The zero-order valence-corrected chi connectivity index (χ0v) is 13.4. The summed E-state index contributed by atoms with van der Waals surface area (Å²) >= 11 is 0. The van der Waals surface area contributed by atoms with Gasteiger partial charge in [0.15, 0.2) is 5.82 Å². The molecule has 1 aliphatic heterocycles. The molecule has 0 saturated carbocycles. The number of aromatic nitrogens is 4. The minimum absolute atomic E-state index is 0.301. The number of anilines is 1. The standard InChI is InChI=1S/C15H15FN6O3/c1-20-11-3-2-9(16)8-10(11)17-13(20)12-18-14(25-19-12)21-4-6-22(7-5-21)15(23)24/h2-3,8H,4-7H2,1H3,(H,23,24). The van der Waals surface area contributed by atoms with Crippen LogP contribution in [0.2, 0.25) is 0 Å². The first-order valence-corrected chi connectivity index (χ1v) is 7.72. The topological polar surface area (TPSA) is 101 Å². The summed E-state index contributed by atoms with van der Waals surface area (Å²) in [5, 5.41) is 12.9. The van der Waals surface area contributed by atoms with Gasteiger partial charge in [0, 0.05) is 39.3 Å². The molecule has 1 N–H and O–H groups in total. The number of carboxylic acid groups (broad SMARTS) is 1. The maximum Gasteiger partial charge on any atom is 0.407 e. The third-order valence-electron chi connectivity index (χ3n) is 4.28. The van der Waals surface area contributed by atoms with E-state index in [0.717, 1.165) is 5.52 Å². The Labute approximate surface area is 141 Å². The Morgan fingerprint density at radius 2 is 2.00 bits per heavy atom. The quantitative estimate of drug-likeness (QED) is 0.751. The van der Waals surface area contributed by atoms with E-state index in [0.29, 0.717) is 49.4 Å². The largest absolute Gasteiger partial charge is 0.465 e. The van der Waals surface area contributed by atoms with E-state index in [9.17, 15) is 9.18 Å². The Bertz CT molecular complexity index is 944. The zero-order chi connectivity index (χ0) is 17.6. The molecule has 1 fully saturated rings. The molecule has 0 atom stereocenters. The number of piperazine rings is 1. The van der Waals surface area contributed by atoms with Crippen LogP contribution in [0.1, 0.15) is 0 Å². The lowest BCUT2D eigenvalue weighted by Gasteiger charge is -2.31. The number of fused-ring (bicyclic) bond motifs is 1. The van der Waals surface area contributed by atoms with E-state index in [2.05, 4.69) is 15.1 Å². The molecule has 1 amide bonds. The molecule has 3 aromatic rings.